The van der Waals surface area contributed by atoms with Gasteiger partial charge in [0, 0.05) is 12.2 Å². The van der Waals surface area contributed by atoms with Crippen molar-refractivity contribution >= 4 is 11.9 Å². The van der Waals surface area contributed by atoms with Crippen molar-refractivity contribution < 1.29 is 19.1 Å². The highest BCUT2D eigenvalue weighted by Crippen LogP contribution is 2.25. The fourth-order valence-electron chi connectivity index (χ4n) is 2.89. The molecule has 0 N–H and O–H groups in total. The Balaban J connectivity index is 4.07. The molecule has 0 radical (unpaired) electrons. The first-order valence-corrected chi connectivity index (χ1v) is 8.80. The Bertz CT molecular complexity index is 384. The summed E-state index contributed by atoms with van der Waals surface area (Å²) in [5.74, 6) is -0.439. The molecule has 0 fully saturated rings. The van der Waals surface area contributed by atoms with Crippen LogP contribution < -0.4 is 0 Å². The van der Waals surface area contributed by atoms with E-state index in [1.54, 1.807) is 0 Å². The van der Waals surface area contributed by atoms with Crippen molar-refractivity contribution in [1.29, 1.82) is 0 Å². The molecular formula is C20H36O4. The van der Waals surface area contributed by atoms with Crippen molar-refractivity contribution in [2.24, 2.45) is 22.7 Å². The highest BCUT2D eigenvalue weighted by molar-refractivity contribution is 5.91. The largest absolute Gasteiger partial charge is 0.462 e. The molecule has 140 valence electrons. The molecule has 0 spiro atoms. The minimum atomic E-state index is -0.504. The monoisotopic (exact) mass is 340 g/mol. The Hall–Kier alpha value is -1.32. The van der Waals surface area contributed by atoms with E-state index < -0.39 is 11.9 Å². The average molecular weight is 341 g/mol. The zero-order valence-corrected chi connectivity index (χ0v) is 16.8. The van der Waals surface area contributed by atoms with Crippen LogP contribution in [0.15, 0.2) is 12.2 Å². The summed E-state index contributed by atoms with van der Waals surface area (Å²) in [6, 6.07) is 0. The van der Waals surface area contributed by atoms with Crippen molar-refractivity contribution in [3.63, 3.8) is 0 Å². The Morgan fingerprint density at radius 2 is 1.04 bits per heavy atom. The van der Waals surface area contributed by atoms with E-state index in [1.165, 1.54) is 0 Å². The molecule has 0 aliphatic carbocycles. The molecule has 0 aliphatic rings. The van der Waals surface area contributed by atoms with Crippen LogP contribution in [-0.4, -0.2) is 25.2 Å². The predicted molar refractivity (Wildman–Crippen MR) is 97.5 cm³/mol. The summed E-state index contributed by atoms with van der Waals surface area (Å²) in [4.78, 5) is 23.3. The summed E-state index contributed by atoms with van der Waals surface area (Å²) in [6.45, 7) is 17.7. The van der Waals surface area contributed by atoms with Crippen molar-refractivity contribution in [1.82, 2.24) is 0 Å². The maximum Gasteiger partial charge on any atom is 0.331 e. The van der Waals surface area contributed by atoms with Gasteiger partial charge in [0.1, 0.15) is 0 Å². The van der Waals surface area contributed by atoms with E-state index in [1.807, 2.05) is 13.8 Å². The molecule has 4 nitrogen and oxygen atoms in total. The quantitative estimate of drug-likeness (QED) is 0.471. The fraction of sp³-hybridized carbons (Fsp3) is 0.800. The van der Waals surface area contributed by atoms with Gasteiger partial charge in [0.2, 0.25) is 0 Å². The van der Waals surface area contributed by atoms with Gasteiger partial charge < -0.3 is 9.47 Å². The lowest BCUT2D eigenvalue weighted by atomic mass is 9.86. The topological polar surface area (TPSA) is 52.6 Å². The third kappa shape index (κ3) is 14.3. The van der Waals surface area contributed by atoms with Gasteiger partial charge in [0.05, 0.1) is 13.2 Å². The third-order valence-corrected chi connectivity index (χ3v) is 3.30. The molecular weight excluding hydrogens is 304 g/mol. The number of hydrogen-bond acceptors (Lipinski definition) is 4. The van der Waals surface area contributed by atoms with Gasteiger partial charge >= 0.3 is 11.9 Å². The molecule has 2 atom stereocenters. The molecule has 0 heterocycles. The SMILES string of the molecule is CC(COC(=O)/C=C\C(=O)OCC(C)CC(C)(C)C)CC(C)(C)C. The second-order valence-electron chi connectivity index (χ2n) is 9.33. The number of rotatable bonds is 8. The van der Waals surface area contributed by atoms with E-state index in [0.717, 1.165) is 25.0 Å². The van der Waals surface area contributed by atoms with Gasteiger partial charge in [-0.05, 0) is 35.5 Å². The van der Waals surface area contributed by atoms with Gasteiger partial charge in [-0.2, -0.15) is 0 Å². The fourth-order valence-corrected chi connectivity index (χ4v) is 2.89. The number of carbonyl (C=O) groups excluding carboxylic acids is 2. The van der Waals surface area contributed by atoms with E-state index in [2.05, 4.69) is 41.5 Å². The van der Waals surface area contributed by atoms with Crippen molar-refractivity contribution in [3.05, 3.63) is 12.2 Å². The van der Waals surface area contributed by atoms with Crippen LogP contribution in [0.25, 0.3) is 0 Å². The van der Waals surface area contributed by atoms with Crippen LogP contribution in [0.4, 0.5) is 0 Å². The smallest absolute Gasteiger partial charge is 0.331 e. The number of carbonyl (C=O) groups is 2. The first-order chi connectivity index (χ1) is 10.8. The lowest BCUT2D eigenvalue weighted by Crippen LogP contribution is -2.18. The van der Waals surface area contributed by atoms with Crippen LogP contribution in [0.3, 0.4) is 0 Å². The van der Waals surface area contributed by atoms with Gasteiger partial charge in [0.25, 0.3) is 0 Å². The van der Waals surface area contributed by atoms with Gasteiger partial charge in [-0.15, -0.1) is 0 Å². The number of ether oxygens (including phenoxy) is 2. The second-order valence-corrected chi connectivity index (χ2v) is 9.33. The van der Waals surface area contributed by atoms with Crippen molar-refractivity contribution in [2.45, 2.75) is 68.2 Å². The van der Waals surface area contributed by atoms with Gasteiger partial charge in [0.15, 0.2) is 0 Å². The van der Waals surface area contributed by atoms with Crippen LogP contribution in [-0.2, 0) is 19.1 Å². The maximum absolute atomic E-state index is 11.6. The van der Waals surface area contributed by atoms with E-state index in [4.69, 9.17) is 9.47 Å². The molecule has 0 saturated carbocycles. The average Bonchev–Trinajstić information content (AvgIpc) is 2.36. The third-order valence-electron chi connectivity index (χ3n) is 3.30. The van der Waals surface area contributed by atoms with Gasteiger partial charge in [-0.1, -0.05) is 55.4 Å². The Morgan fingerprint density at radius 3 is 1.29 bits per heavy atom. The predicted octanol–water partition coefficient (Wildman–Crippen LogP) is 4.77. The Kier molecular flexibility index (Phi) is 9.31. The lowest BCUT2D eigenvalue weighted by Gasteiger charge is -2.22. The summed E-state index contributed by atoms with van der Waals surface area (Å²) >= 11 is 0. The summed E-state index contributed by atoms with van der Waals surface area (Å²) in [5, 5.41) is 0. The summed E-state index contributed by atoms with van der Waals surface area (Å²) in [7, 11) is 0. The molecule has 0 saturated heterocycles. The van der Waals surface area contributed by atoms with Crippen LogP contribution in [0, 0.1) is 22.7 Å². The number of esters is 2. The highest BCUT2D eigenvalue weighted by Gasteiger charge is 2.17. The van der Waals surface area contributed by atoms with Crippen LogP contribution in [0.5, 0.6) is 0 Å². The Labute approximate surface area is 148 Å². The van der Waals surface area contributed by atoms with E-state index in [9.17, 15) is 9.59 Å². The van der Waals surface area contributed by atoms with Crippen molar-refractivity contribution in [3.8, 4) is 0 Å². The van der Waals surface area contributed by atoms with E-state index in [0.29, 0.717) is 13.2 Å². The molecule has 0 aliphatic heterocycles. The summed E-state index contributed by atoms with van der Waals surface area (Å²) in [6.07, 6.45) is 4.22. The molecule has 0 bridgehead atoms. The van der Waals surface area contributed by atoms with Crippen LogP contribution >= 0.6 is 0 Å². The van der Waals surface area contributed by atoms with Crippen LogP contribution in [0.2, 0.25) is 0 Å². The van der Waals surface area contributed by atoms with Gasteiger partial charge in [-0.3, -0.25) is 0 Å². The minimum absolute atomic E-state index is 0.204. The first kappa shape index (κ1) is 22.7. The van der Waals surface area contributed by atoms with Crippen molar-refractivity contribution in [2.75, 3.05) is 13.2 Å². The van der Waals surface area contributed by atoms with Gasteiger partial charge in [-0.25, -0.2) is 9.59 Å². The van der Waals surface area contributed by atoms with Crippen LogP contribution in [0.1, 0.15) is 68.2 Å². The molecule has 0 rings (SSSR count). The molecule has 0 aromatic heterocycles. The number of hydrogen-bond donors (Lipinski definition) is 0. The zero-order chi connectivity index (χ0) is 19.0. The normalized spacial score (nSPS) is 15.2. The molecule has 0 aromatic carbocycles. The summed E-state index contributed by atoms with van der Waals surface area (Å²) in [5.41, 5.74) is 0.407. The zero-order valence-electron chi connectivity index (χ0n) is 16.8. The molecule has 0 amide bonds. The summed E-state index contributed by atoms with van der Waals surface area (Å²) < 4.78 is 10.3. The minimum Gasteiger partial charge on any atom is -0.462 e. The highest BCUT2D eigenvalue weighted by atomic mass is 16.5. The molecule has 24 heavy (non-hydrogen) atoms. The Morgan fingerprint density at radius 1 is 0.750 bits per heavy atom. The molecule has 2 unspecified atom stereocenters. The van der Waals surface area contributed by atoms with E-state index >= 15 is 0 Å². The molecule has 4 heteroatoms. The molecule has 0 aromatic rings. The standard InChI is InChI=1S/C20H36O4/c1-15(11-19(3,4)5)13-23-17(21)9-10-18(22)24-14-16(2)12-20(6,7)8/h9-10,15-16H,11-14H2,1-8H3/b10-9-. The first-order valence-electron chi connectivity index (χ1n) is 8.80. The van der Waals surface area contributed by atoms with E-state index in [-0.39, 0.29) is 22.7 Å². The second kappa shape index (κ2) is 9.85. The lowest BCUT2D eigenvalue weighted by molar-refractivity contribution is -0.142. The maximum atomic E-state index is 11.6.